The lowest BCUT2D eigenvalue weighted by Gasteiger charge is -2.44. The third-order valence-electron chi connectivity index (χ3n) is 7.56. The van der Waals surface area contributed by atoms with Crippen molar-refractivity contribution >= 4 is 11.8 Å². The molecule has 2 aliphatic rings. The van der Waals surface area contributed by atoms with E-state index in [0.29, 0.717) is 37.6 Å². The third-order valence-corrected chi connectivity index (χ3v) is 7.56. The van der Waals surface area contributed by atoms with Gasteiger partial charge in [-0.25, -0.2) is 4.39 Å². The summed E-state index contributed by atoms with van der Waals surface area (Å²) >= 11 is 0. The maximum Gasteiger partial charge on any atom is 0.276 e. The molecule has 3 aromatic rings. The molecule has 1 spiro atoms. The third kappa shape index (κ3) is 6.70. The molecular weight excluding hydrogens is 529 g/mol. The van der Waals surface area contributed by atoms with Gasteiger partial charge in [-0.2, -0.15) is 0 Å². The van der Waals surface area contributed by atoms with Gasteiger partial charge in [0.1, 0.15) is 30.5 Å². The highest BCUT2D eigenvalue weighted by atomic mass is 19.1. The van der Waals surface area contributed by atoms with Gasteiger partial charge < -0.3 is 28.5 Å². The van der Waals surface area contributed by atoms with Gasteiger partial charge in [0.05, 0.1) is 19.7 Å². The number of rotatable bonds is 5. The van der Waals surface area contributed by atoms with E-state index in [0.717, 1.165) is 30.6 Å². The van der Waals surface area contributed by atoms with Crippen LogP contribution in [0.2, 0.25) is 0 Å². The smallest absolute Gasteiger partial charge is 0.276 e. The van der Waals surface area contributed by atoms with Gasteiger partial charge in [-0.3, -0.25) is 9.59 Å². The number of benzene rings is 2. The summed E-state index contributed by atoms with van der Waals surface area (Å²) in [4.78, 5) is 31.0. The van der Waals surface area contributed by atoms with Gasteiger partial charge in [0.15, 0.2) is 17.1 Å². The van der Waals surface area contributed by atoms with E-state index in [-0.39, 0.29) is 49.1 Å². The number of hydrogen-bond donors (Lipinski definition) is 0. The summed E-state index contributed by atoms with van der Waals surface area (Å²) in [5.74, 6) is 0.861. The second kappa shape index (κ2) is 12.7. The number of nitrogens with zero attached hydrogens (tertiary/aromatic N) is 3. The summed E-state index contributed by atoms with van der Waals surface area (Å²) in [6, 6.07) is 15.1. The van der Waals surface area contributed by atoms with Crippen LogP contribution in [0.5, 0.6) is 11.5 Å². The lowest BCUT2D eigenvalue weighted by molar-refractivity contribution is -0.172. The lowest BCUT2D eigenvalue weighted by Crippen LogP contribution is -2.63. The minimum atomic E-state index is -1.16. The van der Waals surface area contributed by atoms with Crippen LogP contribution in [0.15, 0.2) is 59.1 Å². The molecule has 1 fully saturated rings. The number of aromatic nitrogens is 1. The first kappa shape index (κ1) is 28.6. The van der Waals surface area contributed by atoms with Gasteiger partial charge >= 0.3 is 0 Å². The Morgan fingerprint density at radius 3 is 2.71 bits per heavy atom. The van der Waals surface area contributed by atoms with Gasteiger partial charge in [-0.05, 0) is 75.4 Å². The fraction of sp³-hybridized carbons (Fsp3) is 0.452. The molecular formula is C31H36FN3O6. The first-order valence-corrected chi connectivity index (χ1v) is 14.1. The van der Waals surface area contributed by atoms with Crippen LogP contribution in [-0.2, 0) is 22.6 Å². The zero-order chi connectivity index (χ0) is 28.8. The van der Waals surface area contributed by atoms with E-state index in [2.05, 4.69) is 11.2 Å². The van der Waals surface area contributed by atoms with E-state index in [4.69, 9.17) is 18.7 Å². The van der Waals surface area contributed by atoms with E-state index in [9.17, 15) is 14.0 Å². The van der Waals surface area contributed by atoms with Crippen LogP contribution in [0.25, 0.3) is 0 Å². The molecule has 0 N–H and O–H groups in total. The Kier molecular flexibility index (Phi) is 8.87. The van der Waals surface area contributed by atoms with Crippen LogP contribution in [0.4, 0.5) is 4.39 Å². The summed E-state index contributed by atoms with van der Waals surface area (Å²) in [5, 5.41) is 3.96. The normalized spacial score (nSPS) is 20.2. The molecule has 218 valence electrons. The van der Waals surface area contributed by atoms with Crippen LogP contribution in [0.1, 0.15) is 54.9 Å². The second-order valence-electron chi connectivity index (χ2n) is 10.7. The van der Waals surface area contributed by atoms with E-state index < -0.39 is 5.60 Å². The van der Waals surface area contributed by atoms with Crippen molar-refractivity contribution < 1.29 is 32.7 Å². The van der Waals surface area contributed by atoms with Crippen LogP contribution >= 0.6 is 0 Å². The zero-order valence-electron chi connectivity index (χ0n) is 23.5. The topological polar surface area (TPSA) is 94.3 Å². The molecule has 2 amide bonds. The lowest BCUT2D eigenvalue weighted by atomic mass is 9.90. The number of amides is 2. The molecule has 9 nitrogen and oxygen atoms in total. The van der Waals surface area contributed by atoms with Crippen molar-refractivity contribution in [3.63, 3.8) is 0 Å². The average Bonchev–Trinajstić information content (AvgIpc) is 3.46. The van der Waals surface area contributed by atoms with Crippen molar-refractivity contribution in [3.8, 4) is 11.5 Å². The van der Waals surface area contributed by atoms with Gasteiger partial charge in [0, 0.05) is 18.7 Å². The molecule has 0 radical (unpaired) electrons. The van der Waals surface area contributed by atoms with Crippen LogP contribution in [0, 0.1) is 5.82 Å². The molecule has 2 aliphatic heterocycles. The fourth-order valence-electron chi connectivity index (χ4n) is 5.36. The minimum absolute atomic E-state index is 0.0337. The molecule has 1 saturated heterocycles. The Hall–Kier alpha value is -3.92. The largest absolute Gasteiger partial charge is 0.491 e. The van der Waals surface area contributed by atoms with Gasteiger partial charge in [-0.15, -0.1) is 0 Å². The van der Waals surface area contributed by atoms with E-state index in [1.807, 2.05) is 32.0 Å². The molecule has 10 heteroatoms. The maximum absolute atomic E-state index is 14.1. The molecule has 0 saturated carbocycles. The van der Waals surface area contributed by atoms with E-state index in [1.165, 1.54) is 30.3 Å². The van der Waals surface area contributed by atoms with E-state index in [1.54, 1.807) is 9.80 Å². The highest BCUT2D eigenvalue weighted by molar-refractivity contribution is 5.93. The Morgan fingerprint density at radius 1 is 1.10 bits per heavy atom. The van der Waals surface area contributed by atoms with Gasteiger partial charge in [0.2, 0.25) is 0 Å². The number of halogens is 1. The first-order valence-electron chi connectivity index (χ1n) is 14.1. The number of morpholine rings is 1. The number of carbonyl (C=O) groups excluding carboxylic acids is 2. The van der Waals surface area contributed by atoms with Gasteiger partial charge in [0.25, 0.3) is 11.8 Å². The quantitative estimate of drug-likeness (QED) is 0.445. The fourth-order valence-corrected chi connectivity index (χ4v) is 5.36. The van der Waals surface area contributed by atoms with Crippen molar-refractivity contribution in [1.82, 2.24) is 15.0 Å². The second-order valence-corrected chi connectivity index (χ2v) is 10.7. The number of ether oxygens (including phenoxy) is 3. The summed E-state index contributed by atoms with van der Waals surface area (Å²) in [6.45, 7) is 5.45. The summed E-state index contributed by atoms with van der Waals surface area (Å²) in [5.41, 5.74) is 0.122. The minimum Gasteiger partial charge on any atom is -0.491 e. The van der Waals surface area contributed by atoms with Crippen molar-refractivity contribution in [2.24, 2.45) is 0 Å². The summed E-state index contributed by atoms with van der Waals surface area (Å²) in [6.07, 6.45) is 2.94. The standard InChI is InChI=1S/C31H36FN3O6/c1-22(2)35-16-17-38-28-9-4-3-7-23(28)8-5-6-14-31(30(35)37)21-34(15-18-40-31)29(36)27-19-26(41-33-27)20-39-25-12-10-24(32)11-13-25/h3-4,7,9-13,19,22H,5-6,8,14-18,20-21H2,1-2H3. The molecule has 5 rings (SSSR count). The average molecular weight is 566 g/mol. The van der Waals surface area contributed by atoms with Crippen molar-refractivity contribution in [3.05, 3.63) is 77.4 Å². The molecule has 1 unspecified atom stereocenters. The molecule has 3 heterocycles. The van der Waals surface area contributed by atoms with Gasteiger partial charge in [-0.1, -0.05) is 23.4 Å². The summed E-state index contributed by atoms with van der Waals surface area (Å²) in [7, 11) is 0. The molecule has 1 atom stereocenters. The highest BCUT2D eigenvalue weighted by Crippen LogP contribution is 2.31. The number of hydrogen-bond acceptors (Lipinski definition) is 7. The monoisotopic (exact) mass is 565 g/mol. The Balaban J connectivity index is 1.30. The first-order chi connectivity index (χ1) is 19.8. The van der Waals surface area contributed by atoms with Crippen molar-refractivity contribution in [1.29, 1.82) is 0 Å². The predicted molar refractivity (Wildman–Crippen MR) is 148 cm³/mol. The van der Waals surface area contributed by atoms with Crippen molar-refractivity contribution in [2.45, 2.75) is 57.8 Å². The molecule has 0 bridgehead atoms. The molecule has 0 aliphatic carbocycles. The Morgan fingerprint density at radius 2 is 1.90 bits per heavy atom. The predicted octanol–water partition coefficient (Wildman–Crippen LogP) is 4.65. The van der Waals surface area contributed by atoms with E-state index >= 15 is 0 Å². The number of aryl methyl sites for hydroxylation is 1. The number of carbonyl (C=O) groups is 2. The molecule has 2 aromatic carbocycles. The maximum atomic E-state index is 14.1. The Labute approximate surface area is 239 Å². The zero-order valence-corrected chi connectivity index (χ0v) is 23.5. The number of para-hydroxylation sites is 1. The van der Waals surface area contributed by atoms with Crippen LogP contribution in [0.3, 0.4) is 0 Å². The highest BCUT2D eigenvalue weighted by Gasteiger charge is 2.47. The van der Waals surface area contributed by atoms with Crippen LogP contribution in [-0.4, -0.2) is 71.3 Å². The SMILES string of the molecule is CC(C)N1CCOc2ccccc2CCCCC2(CN(C(=O)c3cc(COc4ccc(F)cc4)on3)CCO2)C1=O. The van der Waals surface area contributed by atoms with Crippen LogP contribution < -0.4 is 9.47 Å². The Bertz CT molecular complexity index is 1340. The molecule has 1 aromatic heterocycles. The number of fused-ring (bicyclic) bond motifs is 1. The van der Waals surface area contributed by atoms with Crippen molar-refractivity contribution in [2.75, 3.05) is 32.8 Å². The summed E-state index contributed by atoms with van der Waals surface area (Å²) < 4.78 is 36.4. The molecule has 41 heavy (non-hydrogen) atoms.